The number of ether oxygens (including phenoxy) is 3. The first kappa shape index (κ1) is 28.3. The minimum atomic E-state index is -0.851. The highest BCUT2D eigenvalue weighted by Gasteiger charge is 2.44. The molecule has 1 atom stereocenters. The Bertz CT molecular complexity index is 1230. The summed E-state index contributed by atoms with van der Waals surface area (Å²) in [5, 5.41) is 11.9. The monoisotopic (exact) mass is 537 g/mol. The molecule has 0 unspecified atom stereocenters. The van der Waals surface area contributed by atoms with Crippen LogP contribution in [0.4, 0.5) is 5.69 Å². The lowest BCUT2D eigenvalue weighted by Crippen LogP contribution is -2.56. The summed E-state index contributed by atoms with van der Waals surface area (Å²) in [6, 6.07) is 10.6. The molecule has 2 aromatic carbocycles. The van der Waals surface area contributed by atoms with Gasteiger partial charge in [0.25, 0.3) is 11.6 Å². The van der Waals surface area contributed by atoms with Crippen LogP contribution in [0.5, 0.6) is 11.5 Å². The fourth-order valence-electron chi connectivity index (χ4n) is 5.14. The van der Waals surface area contributed by atoms with E-state index in [4.69, 9.17) is 14.2 Å². The van der Waals surface area contributed by atoms with Crippen LogP contribution in [0.15, 0.2) is 55.1 Å². The molecule has 2 aromatic rings. The smallest absolute Gasteiger partial charge is 0.282 e. The van der Waals surface area contributed by atoms with E-state index in [1.165, 1.54) is 29.2 Å². The van der Waals surface area contributed by atoms with Crippen molar-refractivity contribution in [2.75, 3.05) is 32.8 Å². The van der Waals surface area contributed by atoms with Crippen molar-refractivity contribution in [1.29, 1.82) is 0 Å². The van der Waals surface area contributed by atoms with Crippen molar-refractivity contribution in [3.8, 4) is 11.5 Å². The normalized spacial score (nSPS) is 17.2. The third-order valence-electron chi connectivity index (χ3n) is 7.17. The summed E-state index contributed by atoms with van der Waals surface area (Å²) < 4.78 is 17.5. The van der Waals surface area contributed by atoms with Crippen LogP contribution < -0.4 is 4.74 Å². The maximum Gasteiger partial charge on any atom is 0.282 e. The number of para-hydroxylation sites is 1. The van der Waals surface area contributed by atoms with Crippen LogP contribution in [0.25, 0.3) is 0 Å². The molecule has 2 saturated heterocycles. The minimum Gasteiger partial charge on any atom is -0.457 e. The molecule has 0 saturated carbocycles. The molecule has 4 rings (SSSR count). The van der Waals surface area contributed by atoms with Crippen LogP contribution in [0.2, 0.25) is 0 Å². The lowest BCUT2D eigenvalue weighted by atomic mass is 9.96. The van der Waals surface area contributed by atoms with E-state index in [9.17, 15) is 19.7 Å². The summed E-state index contributed by atoms with van der Waals surface area (Å²) in [5.41, 5.74) is 0.354. The average Bonchev–Trinajstić information content (AvgIpc) is 3.37. The zero-order valence-corrected chi connectivity index (χ0v) is 22.6. The number of hydrogen-bond acceptors (Lipinski definition) is 7. The second kappa shape index (κ2) is 12.0. The lowest BCUT2D eigenvalue weighted by molar-refractivity contribution is -0.385. The molecule has 2 aliphatic rings. The first-order valence-electron chi connectivity index (χ1n) is 13.2. The Labute approximate surface area is 228 Å². The number of nitrogens with zero attached hydrogens (tertiary/aromatic N) is 3. The van der Waals surface area contributed by atoms with Gasteiger partial charge < -0.3 is 24.0 Å². The predicted octanol–water partition coefficient (Wildman–Crippen LogP) is 4.71. The average molecular weight is 538 g/mol. The molecule has 1 spiro atoms. The second-order valence-corrected chi connectivity index (χ2v) is 10.2. The highest BCUT2D eigenvalue weighted by molar-refractivity contribution is 6.01. The Morgan fingerprint density at radius 2 is 1.85 bits per heavy atom. The number of hydrogen-bond donors (Lipinski definition) is 0. The molecule has 2 heterocycles. The van der Waals surface area contributed by atoms with Gasteiger partial charge in [0.2, 0.25) is 5.91 Å². The molecule has 0 bridgehead atoms. The number of carbonyl (C=O) groups is 2. The van der Waals surface area contributed by atoms with Gasteiger partial charge in [-0.2, -0.15) is 0 Å². The van der Waals surface area contributed by atoms with Crippen molar-refractivity contribution < 1.29 is 28.7 Å². The SMILES string of the molecule is C=CCN(C(=O)c1cc(Oc2ccccc2C)ccc1[N+](=O)[O-])[C@@H](C(=O)N1CCC2(CC1)OCCO2)C(C)C. The van der Waals surface area contributed by atoms with Crippen molar-refractivity contribution >= 4 is 17.5 Å². The molecular formula is C29H35N3O7. The Morgan fingerprint density at radius 1 is 1.18 bits per heavy atom. The zero-order valence-electron chi connectivity index (χ0n) is 22.6. The number of benzene rings is 2. The van der Waals surface area contributed by atoms with E-state index in [0.29, 0.717) is 44.9 Å². The molecule has 10 nitrogen and oxygen atoms in total. The summed E-state index contributed by atoms with van der Waals surface area (Å²) >= 11 is 0. The summed E-state index contributed by atoms with van der Waals surface area (Å²) in [7, 11) is 0. The van der Waals surface area contributed by atoms with E-state index in [1.807, 2.05) is 39.0 Å². The van der Waals surface area contributed by atoms with Gasteiger partial charge in [-0.1, -0.05) is 38.1 Å². The largest absolute Gasteiger partial charge is 0.457 e. The molecule has 2 amide bonds. The van der Waals surface area contributed by atoms with Crippen LogP contribution in [-0.2, 0) is 14.3 Å². The van der Waals surface area contributed by atoms with Gasteiger partial charge in [0, 0.05) is 44.6 Å². The molecule has 208 valence electrons. The van der Waals surface area contributed by atoms with Gasteiger partial charge in [-0.3, -0.25) is 19.7 Å². The fraction of sp³-hybridized carbons (Fsp3) is 0.448. The molecule has 10 heteroatoms. The van der Waals surface area contributed by atoms with E-state index in [1.54, 1.807) is 11.0 Å². The van der Waals surface area contributed by atoms with E-state index >= 15 is 0 Å². The molecule has 0 radical (unpaired) electrons. The second-order valence-electron chi connectivity index (χ2n) is 10.2. The molecule has 0 aromatic heterocycles. The maximum atomic E-state index is 14.0. The van der Waals surface area contributed by atoms with Gasteiger partial charge in [-0.05, 0) is 30.5 Å². The number of nitro groups is 1. The Morgan fingerprint density at radius 3 is 2.44 bits per heavy atom. The number of rotatable bonds is 9. The molecule has 2 aliphatic heterocycles. The molecule has 0 N–H and O–H groups in total. The van der Waals surface area contributed by atoms with Crippen LogP contribution >= 0.6 is 0 Å². The predicted molar refractivity (Wildman–Crippen MR) is 145 cm³/mol. The standard InChI is InChI=1S/C29H35N3O7/c1-5-14-31(26(20(2)3)28(34)30-15-12-29(13-16-30)37-17-18-38-29)27(33)23-19-22(10-11-24(23)32(35)36)39-25-9-7-6-8-21(25)4/h5-11,19-20,26H,1,12-18H2,2-4H3/t26-/m1/s1. The van der Waals surface area contributed by atoms with E-state index in [-0.39, 0.29) is 35.4 Å². The van der Waals surface area contributed by atoms with Crippen LogP contribution in [-0.4, -0.2) is 71.2 Å². The zero-order chi connectivity index (χ0) is 28.2. The van der Waals surface area contributed by atoms with Crippen molar-refractivity contribution in [2.24, 2.45) is 5.92 Å². The maximum absolute atomic E-state index is 14.0. The topological polar surface area (TPSA) is 111 Å². The van der Waals surface area contributed by atoms with Gasteiger partial charge >= 0.3 is 0 Å². The summed E-state index contributed by atoms with van der Waals surface area (Å²) in [6.07, 6.45) is 2.61. The first-order valence-corrected chi connectivity index (χ1v) is 13.2. The van der Waals surface area contributed by atoms with Gasteiger partial charge in [0.1, 0.15) is 23.1 Å². The third kappa shape index (κ3) is 6.12. The molecule has 2 fully saturated rings. The summed E-state index contributed by atoms with van der Waals surface area (Å²) in [4.78, 5) is 42.2. The van der Waals surface area contributed by atoms with Gasteiger partial charge in [-0.15, -0.1) is 6.58 Å². The number of likely N-dealkylation sites (tertiary alicyclic amines) is 1. The van der Waals surface area contributed by atoms with Crippen molar-refractivity contribution in [3.05, 3.63) is 76.4 Å². The molecular weight excluding hydrogens is 502 g/mol. The van der Waals surface area contributed by atoms with E-state index in [2.05, 4.69) is 6.58 Å². The lowest BCUT2D eigenvalue weighted by Gasteiger charge is -2.41. The van der Waals surface area contributed by atoms with Crippen LogP contribution in [0.3, 0.4) is 0 Å². The van der Waals surface area contributed by atoms with Gasteiger partial charge in [0.05, 0.1) is 18.1 Å². The summed E-state index contributed by atoms with van der Waals surface area (Å²) in [6.45, 7) is 11.3. The van der Waals surface area contributed by atoms with Crippen molar-refractivity contribution in [3.63, 3.8) is 0 Å². The van der Waals surface area contributed by atoms with Crippen LogP contribution in [0, 0.1) is 23.0 Å². The third-order valence-corrected chi connectivity index (χ3v) is 7.17. The number of carbonyl (C=O) groups excluding carboxylic acids is 2. The Hall–Kier alpha value is -3.76. The van der Waals surface area contributed by atoms with E-state index < -0.39 is 22.7 Å². The minimum absolute atomic E-state index is 0.0391. The van der Waals surface area contributed by atoms with Crippen LogP contribution in [0.1, 0.15) is 42.6 Å². The fourth-order valence-corrected chi connectivity index (χ4v) is 5.14. The van der Waals surface area contributed by atoms with E-state index in [0.717, 1.165) is 5.56 Å². The quantitative estimate of drug-likeness (QED) is 0.259. The number of piperidine rings is 1. The number of amides is 2. The Balaban J connectivity index is 1.63. The number of nitro benzene ring substituents is 1. The highest BCUT2D eigenvalue weighted by atomic mass is 16.7. The van der Waals surface area contributed by atoms with Gasteiger partial charge in [-0.25, -0.2) is 0 Å². The Kier molecular flexibility index (Phi) is 8.66. The van der Waals surface area contributed by atoms with Crippen molar-refractivity contribution in [1.82, 2.24) is 9.80 Å². The molecule has 0 aliphatic carbocycles. The molecule has 39 heavy (non-hydrogen) atoms. The van der Waals surface area contributed by atoms with Gasteiger partial charge in [0.15, 0.2) is 5.79 Å². The van der Waals surface area contributed by atoms with Crippen molar-refractivity contribution in [2.45, 2.75) is 45.4 Å². The number of aryl methyl sites for hydroxylation is 1. The summed E-state index contributed by atoms with van der Waals surface area (Å²) in [5.74, 6) is -0.911. The first-order chi connectivity index (χ1) is 18.7. The highest BCUT2D eigenvalue weighted by Crippen LogP contribution is 2.34.